The fourth-order valence-corrected chi connectivity index (χ4v) is 5.67. The van der Waals surface area contributed by atoms with Gasteiger partial charge in [0.15, 0.2) is 0 Å². The summed E-state index contributed by atoms with van der Waals surface area (Å²) in [5.41, 5.74) is 10.6. The Labute approximate surface area is 241 Å². The Morgan fingerprint density at radius 2 is 1.85 bits per heavy atom. The van der Waals surface area contributed by atoms with Gasteiger partial charge in [0.1, 0.15) is 5.75 Å². The second-order valence-electron chi connectivity index (χ2n) is 10.8. The van der Waals surface area contributed by atoms with E-state index >= 15 is 0 Å². The number of nitrogens with zero attached hydrogens (tertiary/aromatic N) is 2. The summed E-state index contributed by atoms with van der Waals surface area (Å²) < 4.78 is 5.88. The van der Waals surface area contributed by atoms with Crippen LogP contribution in [0.5, 0.6) is 5.75 Å². The third-order valence-corrected chi connectivity index (χ3v) is 7.70. The molecule has 41 heavy (non-hydrogen) atoms. The molecule has 0 bridgehead atoms. The van der Waals surface area contributed by atoms with E-state index in [1.165, 1.54) is 0 Å². The van der Waals surface area contributed by atoms with Crippen molar-refractivity contribution < 1.29 is 24.5 Å². The van der Waals surface area contributed by atoms with E-state index in [0.717, 1.165) is 34.4 Å². The number of hydrogen-bond donors (Lipinski definition) is 4. The quantitative estimate of drug-likeness (QED) is 0.284. The van der Waals surface area contributed by atoms with E-state index in [0.29, 0.717) is 17.9 Å². The van der Waals surface area contributed by atoms with Crippen LogP contribution in [0.25, 0.3) is 11.1 Å². The van der Waals surface area contributed by atoms with Gasteiger partial charge in [-0.1, -0.05) is 48.5 Å². The molecule has 1 fully saturated rings. The van der Waals surface area contributed by atoms with E-state index < -0.39 is 30.1 Å². The van der Waals surface area contributed by atoms with Crippen LogP contribution >= 0.6 is 0 Å². The molecule has 2 amide bonds. The molecule has 3 aromatic carbocycles. The first-order valence-electron chi connectivity index (χ1n) is 13.8. The molecule has 1 aliphatic rings. The number of aliphatic hydroxyl groups excluding tert-OH is 2. The Balaban J connectivity index is 1.63. The molecule has 0 unspecified atom stereocenters. The minimum Gasteiger partial charge on any atom is -0.496 e. The highest BCUT2D eigenvalue weighted by Crippen LogP contribution is 2.38. The molecule has 9 heteroatoms. The lowest BCUT2D eigenvalue weighted by atomic mass is 9.92. The maximum Gasteiger partial charge on any atom is 0.251 e. The lowest BCUT2D eigenvalue weighted by Gasteiger charge is -2.27. The van der Waals surface area contributed by atoms with Crippen LogP contribution in [0.3, 0.4) is 0 Å². The minimum absolute atomic E-state index is 0.166. The highest BCUT2D eigenvalue weighted by molar-refractivity contribution is 5.97. The van der Waals surface area contributed by atoms with Gasteiger partial charge >= 0.3 is 0 Å². The van der Waals surface area contributed by atoms with Gasteiger partial charge in [0.2, 0.25) is 5.91 Å². The number of β-amino-alcohol motifs (C(OH)–C–C–N with tert-alkyl or cyclic N) is 1. The summed E-state index contributed by atoms with van der Waals surface area (Å²) >= 11 is 0. The number of amides is 2. The molecule has 218 valence electrons. The summed E-state index contributed by atoms with van der Waals surface area (Å²) in [4.78, 5) is 29.3. The van der Waals surface area contributed by atoms with E-state index in [9.17, 15) is 19.8 Å². The van der Waals surface area contributed by atoms with Crippen LogP contribution in [0.15, 0.2) is 66.7 Å². The average Bonchev–Trinajstić information content (AvgIpc) is 3.29. The number of rotatable bonds is 11. The monoisotopic (exact) mass is 560 g/mol. The number of carbonyl (C=O) groups excluding carboxylic acids is 2. The molecule has 0 saturated carbocycles. The van der Waals surface area contributed by atoms with Crippen LogP contribution in [-0.2, 0) is 17.8 Å². The van der Waals surface area contributed by atoms with Gasteiger partial charge in [-0.2, -0.15) is 0 Å². The predicted octanol–water partition coefficient (Wildman–Crippen LogP) is 2.43. The van der Waals surface area contributed by atoms with Crippen molar-refractivity contribution in [1.29, 1.82) is 0 Å². The molecule has 0 radical (unpaired) electrons. The van der Waals surface area contributed by atoms with E-state index in [1.54, 1.807) is 18.9 Å². The summed E-state index contributed by atoms with van der Waals surface area (Å²) in [5.74, 6) is -0.844. The number of benzene rings is 3. The van der Waals surface area contributed by atoms with Gasteiger partial charge < -0.3 is 30.9 Å². The zero-order valence-corrected chi connectivity index (χ0v) is 24.1. The predicted molar refractivity (Wildman–Crippen MR) is 160 cm³/mol. The summed E-state index contributed by atoms with van der Waals surface area (Å²) in [7, 11) is 5.43. The summed E-state index contributed by atoms with van der Waals surface area (Å²) in [6, 6.07) is 20.6. The van der Waals surface area contributed by atoms with Crippen molar-refractivity contribution >= 4 is 17.5 Å². The normalized spacial score (nSPS) is 19.5. The molecular formula is C32H40N4O5. The van der Waals surface area contributed by atoms with Crippen molar-refractivity contribution in [3.8, 4) is 16.9 Å². The molecule has 0 aliphatic carbocycles. The number of likely N-dealkylation sites (tertiary alicyclic amines) is 1. The number of primary amides is 1. The zero-order valence-electron chi connectivity index (χ0n) is 24.1. The molecule has 1 heterocycles. The van der Waals surface area contributed by atoms with Gasteiger partial charge in [0.05, 0.1) is 25.4 Å². The molecule has 4 atom stereocenters. The lowest BCUT2D eigenvalue weighted by molar-refractivity contribution is -0.125. The summed E-state index contributed by atoms with van der Waals surface area (Å²) in [6.07, 6.45) is -1.05. The fraction of sp³-hybridized carbons (Fsp3) is 0.375. The Morgan fingerprint density at radius 3 is 2.49 bits per heavy atom. The molecule has 4 rings (SSSR count). The van der Waals surface area contributed by atoms with E-state index in [4.69, 9.17) is 10.5 Å². The number of para-hydroxylation sites is 1. The van der Waals surface area contributed by atoms with Gasteiger partial charge in [-0.25, -0.2) is 0 Å². The first-order chi connectivity index (χ1) is 19.6. The SMILES string of the molecule is COc1c(CN2C[C@H](O)[C@@H]([C@H](C)O)[C@H]2C(N)=O)cccc1-c1cc(C(=O)NCCc2ccccc2)cc(N(C)C)c1. The zero-order chi connectivity index (χ0) is 29.7. The lowest BCUT2D eigenvalue weighted by Crippen LogP contribution is -2.46. The second-order valence-corrected chi connectivity index (χ2v) is 10.8. The van der Waals surface area contributed by atoms with Crippen molar-refractivity contribution in [2.45, 2.75) is 38.1 Å². The number of carbonyl (C=O) groups is 2. The number of aliphatic hydroxyl groups is 2. The highest BCUT2D eigenvalue weighted by atomic mass is 16.5. The van der Waals surface area contributed by atoms with Gasteiger partial charge in [-0.15, -0.1) is 0 Å². The van der Waals surface area contributed by atoms with Crippen LogP contribution < -0.4 is 20.7 Å². The standard InChI is InChI=1S/C32H40N4O5/c1-20(37)28-27(38)19-36(29(28)31(33)39)18-22-11-8-12-26(30(22)41-4)23-15-24(17-25(16-23)35(2)3)32(40)34-14-13-21-9-6-5-7-10-21/h5-12,15-17,20,27-29,37-38H,13-14,18-19H2,1-4H3,(H2,33,39)(H,34,40)/t20-,27-,28+,29-/m0/s1. The first-order valence-corrected chi connectivity index (χ1v) is 13.8. The summed E-state index contributed by atoms with van der Waals surface area (Å²) in [6.45, 7) is 2.55. The Bertz CT molecular complexity index is 1360. The van der Waals surface area contributed by atoms with Crippen molar-refractivity contribution in [3.05, 3.63) is 83.4 Å². The Hall–Kier alpha value is -3.92. The topological polar surface area (TPSA) is 128 Å². The van der Waals surface area contributed by atoms with Crippen LogP contribution in [0.2, 0.25) is 0 Å². The molecule has 3 aromatic rings. The number of nitrogens with two attached hydrogens (primary N) is 1. The Kier molecular flexibility index (Phi) is 9.65. The average molecular weight is 561 g/mol. The molecule has 0 spiro atoms. The van der Waals surface area contributed by atoms with E-state index in [-0.39, 0.29) is 19.0 Å². The molecule has 9 nitrogen and oxygen atoms in total. The molecule has 5 N–H and O–H groups in total. The number of ether oxygens (including phenoxy) is 1. The van der Waals surface area contributed by atoms with Crippen LogP contribution in [0.4, 0.5) is 5.69 Å². The van der Waals surface area contributed by atoms with Crippen molar-refractivity contribution in [1.82, 2.24) is 10.2 Å². The van der Waals surface area contributed by atoms with Gasteiger partial charge in [-0.3, -0.25) is 14.5 Å². The maximum atomic E-state index is 13.2. The largest absolute Gasteiger partial charge is 0.496 e. The Morgan fingerprint density at radius 1 is 1.12 bits per heavy atom. The van der Waals surface area contributed by atoms with Crippen molar-refractivity contribution in [2.24, 2.45) is 11.7 Å². The van der Waals surface area contributed by atoms with Gasteiger partial charge in [0, 0.05) is 62.0 Å². The molecule has 0 aromatic heterocycles. The number of hydrogen-bond acceptors (Lipinski definition) is 7. The third-order valence-electron chi connectivity index (χ3n) is 7.70. The van der Waals surface area contributed by atoms with Crippen LogP contribution in [0, 0.1) is 5.92 Å². The van der Waals surface area contributed by atoms with Crippen molar-refractivity contribution in [2.75, 3.05) is 39.2 Å². The van der Waals surface area contributed by atoms with Gasteiger partial charge in [0.25, 0.3) is 5.91 Å². The summed E-state index contributed by atoms with van der Waals surface area (Å²) in [5, 5.41) is 23.8. The van der Waals surface area contributed by atoms with Gasteiger partial charge in [-0.05, 0) is 42.7 Å². The minimum atomic E-state index is -0.897. The molecule has 1 saturated heterocycles. The van der Waals surface area contributed by atoms with E-state index in [2.05, 4.69) is 5.32 Å². The maximum absolute atomic E-state index is 13.2. The first kappa shape index (κ1) is 30.0. The van der Waals surface area contributed by atoms with E-state index in [1.807, 2.05) is 85.7 Å². The smallest absolute Gasteiger partial charge is 0.251 e. The molecule has 1 aliphatic heterocycles. The second kappa shape index (κ2) is 13.2. The number of methoxy groups -OCH3 is 1. The molecular weight excluding hydrogens is 520 g/mol. The van der Waals surface area contributed by atoms with Crippen molar-refractivity contribution in [3.63, 3.8) is 0 Å². The fourth-order valence-electron chi connectivity index (χ4n) is 5.67. The van der Waals surface area contributed by atoms with Crippen LogP contribution in [-0.4, -0.2) is 79.5 Å². The van der Waals surface area contributed by atoms with Crippen LogP contribution in [0.1, 0.15) is 28.4 Å². The highest BCUT2D eigenvalue weighted by Gasteiger charge is 2.46. The third kappa shape index (κ3) is 6.87. The number of nitrogens with one attached hydrogen (secondary N) is 1. The number of anilines is 1.